The minimum Gasteiger partial charge on any atom is -0.788 e. The monoisotopic (exact) mass is 255 g/mol. The van der Waals surface area contributed by atoms with Crippen LogP contribution in [0.5, 0.6) is 28.9 Å². The first-order chi connectivity index (χ1) is 8.49. The van der Waals surface area contributed by atoms with E-state index in [2.05, 4.69) is 4.98 Å². The second-order valence-electron chi connectivity index (χ2n) is 3.74. The number of phenolic OH excluding ortho intramolecular Hbond substituents is 4. The third kappa shape index (κ3) is 1.55. The summed E-state index contributed by atoms with van der Waals surface area (Å²) < 4.78 is 0. The van der Waals surface area contributed by atoms with E-state index >= 15 is 0 Å². The molecule has 7 N–H and O–H groups in total. The summed E-state index contributed by atoms with van der Waals surface area (Å²) in [5.74, 6) is -3.53. The Bertz CT molecular complexity index is 606. The van der Waals surface area contributed by atoms with Gasteiger partial charge in [-0.25, -0.2) is 0 Å². The maximum atomic E-state index is 10.2. The molecular weight excluding hydrogens is 244 g/mol. The lowest BCUT2D eigenvalue weighted by molar-refractivity contribution is 0.350. The summed E-state index contributed by atoms with van der Waals surface area (Å²) in [6.07, 6.45) is 0.0621. The third-order valence-electron chi connectivity index (χ3n) is 2.70. The Morgan fingerprint density at radius 1 is 0.944 bits per heavy atom. The SMILES string of the molecule is [O-]NCCc1c(O)[nH]c2c(O)c(O)c(O)c(O)c12. The summed E-state index contributed by atoms with van der Waals surface area (Å²) in [5.41, 5.74) is 1.65. The van der Waals surface area contributed by atoms with Gasteiger partial charge >= 0.3 is 0 Å². The van der Waals surface area contributed by atoms with Crippen molar-refractivity contribution in [2.75, 3.05) is 6.54 Å². The zero-order valence-electron chi connectivity index (χ0n) is 9.06. The number of benzene rings is 1. The van der Waals surface area contributed by atoms with Crippen molar-refractivity contribution in [1.82, 2.24) is 10.5 Å². The maximum Gasteiger partial charge on any atom is 0.206 e. The molecule has 0 saturated carbocycles. The minimum absolute atomic E-state index is 0.0254. The van der Waals surface area contributed by atoms with E-state index in [0.29, 0.717) is 0 Å². The maximum absolute atomic E-state index is 10.2. The summed E-state index contributed by atoms with van der Waals surface area (Å²) >= 11 is 0. The van der Waals surface area contributed by atoms with Crippen LogP contribution in [0.15, 0.2) is 0 Å². The Labute approximate surface area is 100 Å². The van der Waals surface area contributed by atoms with Gasteiger partial charge in [0.25, 0.3) is 0 Å². The summed E-state index contributed by atoms with van der Waals surface area (Å²) in [6.45, 7) is -0.0254. The van der Waals surface area contributed by atoms with Crippen LogP contribution in [0.3, 0.4) is 0 Å². The van der Waals surface area contributed by atoms with Crippen molar-refractivity contribution in [2.24, 2.45) is 0 Å². The Balaban J connectivity index is 2.77. The van der Waals surface area contributed by atoms with E-state index < -0.39 is 23.0 Å². The highest BCUT2D eigenvalue weighted by Gasteiger charge is 2.24. The van der Waals surface area contributed by atoms with Crippen LogP contribution in [0.2, 0.25) is 0 Å². The molecule has 0 aliphatic rings. The molecule has 1 aromatic heterocycles. The van der Waals surface area contributed by atoms with Crippen LogP contribution in [0.1, 0.15) is 5.56 Å². The molecule has 0 radical (unpaired) electrons. The molecule has 0 bridgehead atoms. The molecule has 0 aliphatic heterocycles. The molecule has 8 heteroatoms. The number of fused-ring (bicyclic) bond motifs is 1. The molecule has 0 spiro atoms. The standard InChI is InChI=1S/C10H11N2O6/c13-6-4-3(1-2-11-18)10(17)12-5(4)7(14)9(16)8(6)15/h11-17H,1-2H2/q-1. The predicted octanol–water partition coefficient (Wildman–Crippen LogP) is 0.326. The van der Waals surface area contributed by atoms with Gasteiger partial charge in [-0.15, -0.1) is 0 Å². The molecule has 0 aliphatic carbocycles. The Kier molecular flexibility index (Phi) is 2.81. The molecule has 0 saturated heterocycles. The molecule has 1 aromatic carbocycles. The van der Waals surface area contributed by atoms with E-state index in [1.54, 1.807) is 5.48 Å². The lowest BCUT2D eigenvalue weighted by Crippen LogP contribution is -2.07. The lowest BCUT2D eigenvalue weighted by Gasteiger charge is -2.08. The zero-order chi connectivity index (χ0) is 13.4. The van der Waals surface area contributed by atoms with Gasteiger partial charge in [0.05, 0.1) is 10.9 Å². The van der Waals surface area contributed by atoms with E-state index in [1.165, 1.54) is 0 Å². The molecule has 18 heavy (non-hydrogen) atoms. The molecule has 0 atom stereocenters. The fraction of sp³-hybridized carbons (Fsp3) is 0.200. The smallest absolute Gasteiger partial charge is 0.206 e. The van der Waals surface area contributed by atoms with Crippen LogP contribution in [-0.4, -0.2) is 37.1 Å². The van der Waals surface area contributed by atoms with E-state index in [4.69, 9.17) is 0 Å². The highest BCUT2D eigenvalue weighted by molar-refractivity contribution is 5.99. The van der Waals surface area contributed by atoms with Crippen LogP contribution < -0.4 is 5.48 Å². The number of aromatic hydroxyl groups is 5. The zero-order valence-corrected chi connectivity index (χ0v) is 9.06. The van der Waals surface area contributed by atoms with E-state index in [1.807, 2.05) is 0 Å². The Hall–Kier alpha value is -2.32. The van der Waals surface area contributed by atoms with Crippen LogP contribution in [0.25, 0.3) is 10.9 Å². The van der Waals surface area contributed by atoms with Gasteiger partial charge in [-0.05, 0) is 13.0 Å². The number of aromatic amines is 1. The van der Waals surface area contributed by atoms with Crippen LogP contribution in [0.4, 0.5) is 0 Å². The molecule has 0 amide bonds. The van der Waals surface area contributed by atoms with Gasteiger partial charge in [0.1, 0.15) is 0 Å². The number of hydrogen-bond acceptors (Lipinski definition) is 7. The summed E-state index contributed by atoms with van der Waals surface area (Å²) in [7, 11) is 0. The summed E-state index contributed by atoms with van der Waals surface area (Å²) in [5, 5.41) is 57.8. The van der Waals surface area contributed by atoms with Crippen molar-refractivity contribution in [2.45, 2.75) is 6.42 Å². The molecule has 2 aromatic rings. The second-order valence-corrected chi connectivity index (χ2v) is 3.74. The minimum atomic E-state index is -0.894. The predicted molar refractivity (Wildman–Crippen MR) is 61.7 cm³/mol. The number of phenols is 4. The molecule has 1 heterocycles. The fourth-order valence-electron chi connectivity index (χ4n) is 1.85. The molecule has 0 fully saturated rings. The van der Waals surface area contributed by atoms with Crippen molar-refractivity contribution in [3.63, 3.8) is 0 Å². The fourth-order valence-corrected chi connectivity index (χ4v) is 1.85. The molecule has 0 unspecified atom stereocenters. The average molecular weight is 255 g/mol. The van der Waals surface area contributed by atoms with Crippen molar-refractivity contribution in [1.29, 1.82) is 0 Å². The number of nitrogens with one attached hydrogen (secondary N) is 2. The highest BCUT2D eigenvalue weighted by atomic mass is 16.5. The van der Waals surface area contributed by atoms with E-state index in [9.17, 15) is 30.7 Å². The second kappa shape index (κ2) is 4.17. The van der Waals surface area contributed by atoms with Crippen LogP contribution in [0, 0.1) is 5.21 Å². The molecular formula is C10H11N2O6-. The van der Waals surface area contributed by atoms with E-state index in [-0.39, 0.29) is 35.3 Å². The summed E-state index contributed by atoms with van der Waals surface area (Å²) in [6, 6.07) is 0. The number of hydroxylamine groups is 1. The first-order valence-electron chi connectivity index (χ1n) is 5.03. The summed E-state index contributed by atoms with van der Waals surface area (Å²) in [4.78, 5) is 2.36. The van der Waals surface area contributed by atoms with Crippen LogP contribution >= 0.6 is 0 Å². The Morgan fingerprint density at radius 2 is 1.56 bits per heavy atom. The van der Waals surface area contributed by atoms with Gasteiger partial charge in [0, 0.05) is 5.56 Å². The normalized spacial score (nSPS) is 11.2. The van der Waals surface area contributed by atoms with Crippen molar-refractivity contribution in [3.8, 4) is 28.9 Å². The van der Waals surface area contributed by atoms with Gasteiger partial charge < -0.3 is 41.2 Å². The van der Waals surface area contributed by atoms with Crippen molar-refractivity contribution in [3.05, 3.63) is 10.8 Å². The Morgan fingerprint density at radius 3 is 2.17 bits per heavy atom. The number of aromatic nitrogens is 1. The van der Waals surface area contributed by atoms with Gasteiger partial charge in [0.2, 0.25) is 11.5 Å². The van der Waals surface area contributed by atoms with Gasteiger partial charge in [-0.3, -0.25) is 0 Å². The van der Waals surface area contributed by atoms with E-state index in [0.717, 1.165) is 0 Å². The van der Waals surface area contributed by atoms with Gasteiger partial charge in [-0.2, -0.15) is 0 Å². The van der Waals surface area contributed by atoms with Crippen LogP contribution in [-0.2, 0) is 6.42 Å². The highest BCUT2D eigenvalue weighted by Crippen LogP contribution is 2.50. The van der Waals surface area contributed by atoms with Crippen molar-refractivity contribution >= 4 is 10.9 Å². The first kappa shape index (κ1) is 12.1. The average Bonchev–Trinajstić information content (AvgIpc) is 2.68. The molecule has 98 valence electrons. The number of hydrogen-bond donors (Lipinski definition) is 7. The molecule has 2 rings (SSSR count). The number of rotatable bonds is 3. The lowest BCUT2D eigenvalue weighted by atomic mass is 10.1. The van der Waals surface area contributed by atoms with Gasteiger partial charge in [-0.1, -0.05) is 0 Å². The number of H-pyrrole nitrogens is 1. The third-order valence-corrected chi connectivity index (χ3v) is 2.70. The topological polar surface area (TPSA) is 152 Å². The van der Waals surface area contributed by atoms with Crippen molar-refractivity contribution < 1.29 is 25.5 Å². The quantitative estimate of drug-likeness (QED) is 0.237. The largest absolute Gasteiger partial charge is 0.788 e. The van der Waals surface area contributed by atoms with Gasteiger partial charge in [0.15, 0.2) is 17.4 Å². The molecule has 8 nitrogen and oxygen atoms in total. The first-order valence-corrected chi connectivity index (χ1v) is 5.03.